The van der Waals surface area contributed by atoms with Gasteiger partial charge in [0.15, 0.2) is 5.69 Å². The molecule has 2 heterocycles. The number of aromatic nitrogens is 2. The number of oxime groups is 1. The summed E-state index contributed by atoms with van der Waals surface area (Å²) in [5.41, 5.74) is -0.675. The molecule has 0 bridgehead atoms. The van der Waals surface area contributed by atoms with Crippen LogP contribution >= 0.6 is 0 Å². The number of primary amides is 1. The van der Waals surface area contributed by atoms with E-state index in [1.54, 1.807) is 0 Å². The number of halogens is 6. The first-order chi connectivity index (χ1) is 12.9. The molecule has 1 amide bonds. The topological polar surface area (TPSA) is 90.5 Å². The molecule has 2 N–H and O–H groups in total. The fraction of sp³-hybridized carbons (Fsp3) is 0.250. The lowest BCUT2D eigenvalue weighted by Gasteiger charge is -2.28. The molecule has 1 aromatic carbocycles. The molecular weight excluding hydrogens is 394 g/mol. The Morgan fingerprint density at radius 3 is 2.25 bits per heavy atom. The lowest BCUT2D eigenvalue weighted by atomic mass is 9.90. The summed E-state index contributed by atoms with van der Waals surface area (Å²) in [5, 5.41) is 3.40. The van der Waals surface area contributed by atoms with Crippen molar-refractivity contribution in [3.05, 3.63) is 59.2 Å². The predicted molar refractivity (Wildman–Crippen MR) is 82.0 cm³/mol. The van der Waals surface area contributed by atoms with E-state index in [1.807, 2.05) is 0 Å². The minimum Gasteiger partial charge on any atom is -0.372 e. The average Bonchev–Trinajstić information content (AvgIpc) is 3.08. The van der Waals surface area contributed by atoms with Gasteiger partial charge in [0.1, 0.15) is 5.69 Å². The van der Waals surface area contributed by atoms with Crippen LogP contribution in [0.15, 0.2) is 41.8 Å². The van der Waals surface area contributed by atoms with E-state index >= 15 is 0 Å². The van der Waals surface area contributed by atoms with E-state index in [0.29, 0.717) is 12.4 Å². The number of benzene rings is 1. The first-order valence-corrected chi connectivity index (χ1v) is 7.56. The maximum absolute atomic E-state index is 13.8. The van der Waals surface area contributed by atoms with Gasteiger partial charge >= 0.3 is 12.4 Å². The van der Waals surface area contributed by atoms with Gasteiger partial charge in [-0.25, -0.2) is 4.98 Å². The molecular formula is C16H10F6N4O2. The van der Waals surface area contributed by atoms with Crippen LogP contribution in [0.25, 0.3) is 0 Å². The van der Waals surface area contributed by atoms with Crippen molar-refractivity contribution in [2.24, 2.45) is 10.9 Å². The van der Waals surface area contributed by atoms with Crippen LogP contribution in [0.4, 0.5) is 26.3 Å². The largest absolute Gasteiger partial charge is 0.437 e. The number of hydrogen-bond acceptors (Lipinski definition) is 5. The lowest BCUT2D eigenvalue weighted by Crippen LogP contribution is -2.43. The molecule has 28 heavy (non-hydrogen) atoms. The highest BCUT2D eigenvalue weighted by Gasteiger charge is 2.64. The van der Waals surface area contributed by atoms with E-state index in [4.69, 9.17) is 5.73 Å². The molecule has 1 aromatic heterocycles. The zero-order valence-corrected chi connectivity index (χ0v) is 13.7. The summed E-state index contributed by atoms with van der Waals surface area (Å²) in [6.45, 7) is 0. The molecule has 1 aliphatic heterocycles. The zero-order valence-electron chi connectivity index (χ0n) is 13.7. The van der Waals surface area contributed by atoms with Crippen molar-refractivity contribution in [2.45, 2.75) is 24.4 Å². The standard InChI is InChI=1S/C16H10F6N4O2/c17-15(18,19)12-7-24-6-11(25-12)14(16(20,21)22)5-10(26-28-14)8-1-3-9(4-2-8)13(23)27/h1-4,6-7H,5H2,(H2,23,27). The summed E-state index contributed by atoms with van der Waals surface area (Å²) in [5.74, 6) is -0.736. The minimum absolute atomic E-state index is 0.120. The van der Waals surface area contributed by atoms with Gasteiger partial charge in [-0.05, 0) is 17.7 Å². The Bertz CT molecular complexity index is 939. The SMILES string of the molecule is NC(=O)c1ccc(C2=NOC(c3cncc(C(F)(F)F)n3)(C(F)(F)F)C2)cc1. The highest BCUT2D eigenvalue weighted by Crippen LogP contribution is 2.48. The maximum Gasteiger partial charge on any atom is 0.437 e. The summed E-state index contributed by atoms with van der Waals surface area (Å²) >= 11 is 0. The van der Waals surface area contributed by atoms with Gasteiger partial charge < -0.3 is 10.6 Å². The first kappa shape index (κ1) is 19.6. The number of alkyl halides is 6. The first-order valence-electron chi connectivity index (χ1n) is 7.56. The van der Waals surface area contributed by atoms with Gasteiger partial charge in [-0.15, -0.1) is 0 Å². The Labute approximate surface area is 153 Å². The second-order valence-corrected chi connectivity index (χ2v) is 5.86. The van der Waals surface area contributed by atoms with E-state index in [9.17, 15) is 31.1 Å². The molecule has 0 saturated carbocycles. The normalized spacial score (nSPS) is 19.9. The number of carbonyl (C=O) groups excluding carboxylic acids is 1. The average molecular weight is 404 g/mol. The Balaban J connectivity index is 1.99. The van der Waals surface area contributed by atoms with Crippen LogP contribution in [0.2, 0.25) is 0 Å². The number of hydrogen-bond donors (Lipinski definition) is 1. The van der Waals surface area contributed by atoms with Crippen LogP contribution in [-0.4, -0.2) is 27.8 Å². The smallest absolute Gasteiger partial charge is 0.372 e. The molecule has 0 spiro atoms. The molecule has 2 aromatic rings. The van der Waals surface area contributed by atoms with Crippen LogP contribution in [0.5, 0.6) is 0 Å². The minimum atomic E-state index is -5.13. The van der Waals surface area contributed by atoms with Gasteiger partial charge in [0.05, 0.1) is 24.5 Å². The van der Waals surface area contributed by atoms with Crippen LogP contribution in [0.1, 0.15) is 33.7 Å². The molecule has 1 atom stereocenters. The zero-order chi connectivity index (χ0) is 20.7. The third kappa shape index (κ3) is 3.37. The number of carbonyl (C=O) groups is 1. The van der Waals surface area contributed by atoms with E-state index in [1.165, 1.54) is 24.3 Å². The molecule has 1 unspecified atom stereocenters. The molecule has 0 fully saturated rings. The Hall–Kier alpha value is -3.18. The van der Waals surface area contributed by atoms with Crippen molar-refractivity contribution in [3.8, 4) is 0 Å². The second-order valence-electron chi connectivity index (χ2n) is 5.86. The number of nitrogens with zero attached hydrogens (tertiary/aromatic N) is 3. The predicted octanol–water partition coefficient (Wildman–Crippen LogP) is 3.18. The highest BCUT2D eigenvalue weighted by molar-refractivity contribution is 6.02. The maximum atomic E-state index is 13.8. The fourth-order valence-corrected chi connectivity index (χ4v) is 2.55. The molecule has 1 aliphatic rings. The van der Waals surface area contributed by atoms with Crippen molar-refractivity contribution < 1.29 is 36.0 Å². The van der Waals surface area contributed by atoms with Crippen molar-refractivity contribution in [1.29, 1.82) is 0 Å². The van der Waals surface area contributed by atoms with E-state index in [2.05, 4.69) is 20.0 Å². The molecule has 3 rings (SSSR count). The number of nitrogens with two attached hydrogens (primary N) is 1. The summed E-state index contributed by atoms with van der Waals surface area (Å²) in [7, 11) is 0. The molecule has 6 nitrogen and oxygen atoms in total. The third-order valence-electron chi connectivity index (χ3n) is 4.03. The monoisotopic (exact) mass is 404 g/mol. The van der Waals surface area contributed by atoms with Crippen LogP contribution in [0, 0.1) is 0 Å². The van der Waals surface area contributed by atoms with Crippen molar-refractivity contribution in [2.75, 3.05) is 0 Å². The van der Waals surface area contributed by atoms with Crippen LogP contribution in [0.3, 0.4) is 0 Å². The third-order valence-corrected chi connectivity index (χ3v) is 4.03. The summed E-state index contributed by atoms with van der Waals surface area (Å²) < 4.78 is 79.8. The molecule has 148 valence electrons. The van der Waals surface area contributed by atoms with Crippen molar-refractivity contribution in [3.63, 3.8) is 0 Å². The Morgan fingerprint density at radius 1 is 1.07 bits per heavy atom. The van der Waals surface area contributed by atoms with E-state index < -0.39 is 41.7 Å². The van der Waals surface area contributed by atoms with Gasteiger partial charge in [-0.1, -0.05) is 17.3 Å². The summed E-state index contributed by atoms with van der Waals surface area (Å²) in [6, 6.07) is 5.15. The summed E-state index contributed by atoms with van der Waals surface area (Å²) in [6.07, 6.45) is -10.2. The quantitative estimate of drug-likeness (QED) is 0.796. The number of rotatable bonds is 3. The molecule has 0 aliphatic carbocycles. The van der Waals surface area contributed by atoms with Crippen LogP contribution < -0.4 is 5.73 Å². The highest BCUT2D eigenvalue weighted by atomic mass is 19.4. The van der Waals surface area contributed by atoms with Crippen molar-refractivity contribution >= 4 is 11.6 Å². The van der Waals surface area contributed by atoms with E-state index in [-0.39, 0.29) is 16.8 Å². The van der Waals surface area contributed by atoms with Gasteiger partial charge in [0.2, 0.25) is 5.91 Å². The van der Waals surface area contributed by atoms with Gasteiger partial charge in [0.25, 0.3) is 5.60 Å². The van der Waals surface area contributed by atoms with E-state index in [0.717, 1.165) is 0 Å². The van der Waals surface area contributed by atoms with Gasteiger partial charge in [-0.2, -0.15) is 26.3 Å². The van der Waals surface area contributed by atoms with Crippen molar-refractivity contribution in [1.82, 2.24) is 9.97 Å². The molecule has 0 radical (unpaired) electrons. The molecule has 0 saturated heterocycles. The van der Waals surface area contributed by atoms with Crippen LogP contribution in [-0.2, 0) is 16.6 Å². The Morgan fingerprint density at radius 2 is 1.71 bits per heavy atom. The van der Waals surface area contributed by atoms with Gasteiger partial charge in [0, 0.05) is 5.56 Å². The molecule has 12 heteroatoms. The summed E-state index contributed by atoms with van der Waals surface area (Å²) in [4.78, 5) is 22.0. The fourth-order valence-electron chi connectivity index (χ4n) is 2.55. The lowest BCUT2D eigenvalue weighted by molar-refractivity contribution is -0.277. The van der Waals surface area contributed by atoms with Gasteiger partial charge in [-0.3, -0.25) is 9.78 Å². The second kappa shape index (κ2) is 6.46. The Kier molecular flexibility index (Phi) is 4.52. The number of amides is 1.